The number of aryl methyl sites for hydroxylation is 2. The van der Waals surface area contributed by atoms with Gasteiger partial charge in [-0.2, -0.15) is 0 Å². The van der Waals surface area contributed by atoms with Crippen LogP contribution < -0.4 is 10.1 Å². The molecule has 5 rings (SSSR count). The summed E-state index contributed by atoms with van der Waals surface area (Å²) >= 11 is 1.69. The Hall–Kier alpha value is -3.29. The minimum absolute atomic E-state index is 0.191. The van der Waals surface area contributed by atoms with Gasteiger partial charge in [0.05, 0.1) is 5.69 Å². The Labute approximate surface area is 203 Å². The number of likely N-dealkylation sites (tertiary alicyclic amines) is 1. The molecule has 2 aromatic heterocycles. The average Bonchev–Trinajstić information content (AvgIpc) is 3.18. The Morgan fingerprint density at radius 1 is 1.09 bits per heavy atom. The van der Waals surface area contributed by atoms with Gasteiger partial charge in [-0.05, 0) is 69.5 Å². The van der Waals surface area contributed by atoms with Crippen molar-refractivity contribution in [2.45, 2.75) is 32.8 Å². The second kappa shape index (κ2) is 9.52. The average molecular weight is 473 g/mol. The first-order valence-corrected chi connectivity index (χ1v) is 12.4. The molecule has 4 aromatic rings. The van der Waals surface area contributed by atoms with Crippen molar-refractivity contribution in [3.05, 3.63) is 70.9 Å². The van der Waals surface area contributed by atoms with Crippen molar-refractivity contribution in [2.75, 3.05) is 25.5 Å². The number of nitrogens with one attached hydrogen (secondary N) is 1. The van der Waals surface area contributed by atoms with Crippen molar-refractivity contribution in [1.82, 2.24) is 14.9 Å². The van der Waals surface area contributed by atoms with Crippen LogP contribution in [0.15, 0.2) is 54.7 Å². The summed E-state index contributed by atoms with van der Waals surface area (Å²) < 4.78 is 6.14. The van der Waals surface area contributed by atoms with Gasteiger partial charge in [0.25, 0.3) is 5.91 Å². The molecule has 1 saturated heterocycles. The maximum absolute atomic E-state index is 12.9. The van der Waals surface area contributed by atoms with E-state index in [4.69, 9.17) is 4.74 Å². The first kappa shape index (κ1) is 22.5. The van der Waals surface area contributed by atoms with Gasteiger partial charge in [-0.3, -0.25) is 4.79 Å². The van der Waals surface area contributed by atoms with Gasteiger partial charge in [0.15, 0.2) is 0 Å². The molecule has 1 fully saturated rings. The first-order valence-electron chi connectivity index (χ1n) is 11.6. The summed E-state index contributed by atoms with van der Waals surface area (Å²) in [6.07, 6.45) is 3.97. The summed E-state index contributed by atoms with van der Waals surface area (Å²) in [5.74, 6) is 1.04. The Kier molecular flexibility index (Phi) is 6.30. The lowest BCUT2D eigenvalue weighted by Gasteiger charge is -2.29. The van der Waals surface area contributed by atoms with E-state index in [2.05, 4.69) is 46.3 Å². The van der Waals surface area contributed by atoms with Crippen LogP contribution in [0.5, 0.6) is 5.75 Å². The van der Waals surface area contributed by atoms with Crippen LogP contribution in [0.1, 0.15) is 33.8 Å². The number of benzene rings is 2. The fourth-order valence-electron chi connectivity index (χ4n) is 4.13. The second-order valence-electron chi connectivity index (χ2n) is 8.89. The third kappa shape index (κ3) is 4.95. The van der Waals surface area contributed by atoms with Crippen molar-refractivity contribution in [3.63, 3.8) is 0 Å². The zero-order valence-corrected chi connectivity index (χ0v) is 20.5. The van der Waals surface area contributed by atoms with Crippen LogP contribution in [-0.4, -0.2) is 47.0 Å². The highest BCUT2D eigenvalue weighted by Crippen LogP contribution is 2.30. The van der Waals surface area contributed by atoms with E-state index in [-0.39, 0.29) is 12.0 Å². The van der Waals surface area contributed by atoms with Crippen molar-refractivity contribution in [2.24, 2.45) is 0 Å². The van der Waals surface area contributed by atoms with E-state index in [1.54, 1.807) is 29.7 Å². The lowest BCUT2D eigenvalue weighted by molar-refractivity contribution is 0.102. The number of hydrogen-bond acceptors (Lipinski definition) is 6. The minimum Gasteiger partial charge on any atom is -0.490 e. The lowest BCUT2D eigenvalue weighted by Crippen LogP contribution is -2.35. The molecule has 0 bridgehead atoms. The molecule has 0 unspecified atom stereocenters. The fraction of sp³-hybridized carbons (Fsp3) is 0.296. The van der Waals surface area contributed by atoms with E-state index in [0.717, 1.165) is 58.7 Å². The molecule has 0 radical (unpaired) electrons. The van der Waals surface area contributed by atoms with E-state index in [1.165, 1.54) is 4.88 Å². The third-order valence-corrected chi connectivity index (χ3v) is 7.43. The maximum atomic E-state index is 12.9. The molecule has 1 aliphatic heterocycles. The van der Waals surface area contributed by atoms with Gasteiger partial charge >= 0.3 is 0 Å². The minimum atomic E-state index is -0.206. The highest BCUT2D eigenvalue weighted by Gasteiger charge is 2.18. The van der Waals surface area contributed by atoms with Gasteiger partial charge in [-0.15, -0.1) is 11.3 Å². The Morgan fingerprint density at radius 3 is 2.68 bits per heavy atom. The molecular formula is C27H28N4O2S. The van der Waals surface area contributed by atoms with E-state index in [1.807, 2.05) is 31.2 Å². The summed E-state index contributed by atoms with van der Waals surface area (Å²) in [7, 11) is 2.13. The Bertz CT molecular complexity index is 1320. The SMILES string of the molecule is Cc1nc(-c2ccc3cnc(NC(=O)c4cccc(OC5CCN(C)CC5)c4)cc3c2)sc1C. The lowest BCUT2D eigenvalue weighted by atomic mass is 10.1. The number of carbonyl (C=O) groups excluding carboxylic acids is 1. The molecule has 7 heteroatoms. The monoisotopic (exact) mass is 472 g/mol. The zero-order chi connectivity index (χ0) is 23.7. The van der Waals surface area contributed by atoms with Crippen molar-refractivity contribution < 1.29 is 9.53 Å². The molecule has 1 amide bonds. The molecule has 174 valence electrons. The van der Waals surface area contributed by atoms with Gasteiger partial charge in [-0.25, -0.2) is 9.97 Å². The molecule has 1 N–H and O–H groups in total. The number of rotatable bonds is 5. The highest BCUT2D eigenvalue weighted by molar-refractivity contribution is 7.15. The molecule has 6 nitrogen and oxygen atoms in total. The Balaban J connectivity index is 1.32. The number of pyridine rings is 1. The third-order valence-electron chi connectivity index (χ3n) is 6.30. The largest absolute Gasteiger partial charge is 0.490 e. The highest BCUT2D eigenvalue weighted by atomic mass is 32.1. The number of aromatic nitrogens is 2. The quantitative estimate of drug-likeness (QED) is 0.404. The summed E-state index contributed by atoms with van der Waals surface area (Å²) in [4.78, 5) is 25.6. The molecule has 3 heterocycles. The molecular weight excluding hydrogens is 444 g/mol. The van der Waals surface area contributed by atoms with Gasteiger partial charge in [0, 0.05) is 40.7 Å². The van der Waals surface area contributed by atoms with Crippen LogP contribution >= 0.6 is 11.3 Å². The number of piperidine rings is 1. The van der Waals surface area contributed by atoms with Gasteiger partial charge in [0.1, 0.15) is 22.7 Å². The van der Waals surface area contributed by atoms with Gasteiger partial charge in [-0.1, -0.05) is 18.2 Å². The van der Waals surface area contributed by atoms with Crippen molar-refractivity contribution >= 4 is 33.8 Å². The van der Waals surface area contributed by atoms with Crippen LogP contribution in [0.2, 0.25) is 0 Å². The standard InChI is InChI=1S/C27H28N4O2S/c1-17-18(2)34-27(29-17)20-7-8-21-16-28-25(15-22(21)13-20)30-26(32)19-5-4-6-24(14-19)33-23-9-11-31(3)12-10-23/h4-8,13-16,23H,9-12H2,1-3H3,(H,28,30,32). The number of ether oxygens (including phenoxy) is 1. The molecule has 0 saturated carbocycles. The van der Waals surface area contributed by atoms with E-state index >= 15 is 0 Å². The zero-order valence-electron chi connectivity index (χ0n) is 19.7. The van der Waals surface area contributed by atoms with Gasteiger partial charge in [0.2, 0.25) is 0 Å². The number of carbonyl (C=O) groups is 1. The smallest absolute Gasteiger partial charge is 0.256 e. The predicted molar refractivity (Wildman–Crippen MR) is 138 cm³/mol. The van der Waals surface area contributed by atoms with Gasteiger partial charge < -0.3 is 15.0 Å². The summed E-state index contributed by atoms with van der Waals surface area (Å²) in [6.45, 7) is 6.18. The van der Waals surface area contributed by atoms with E-state index in [9.17, 15) is 4.79 Å². The van der Waals surface area contributed by atoms with Crippen LogP contribution in [0.4, 0.5) is 5.82 Å². The van der Waals surface area contributed by atoms with Crippen molar-refractivity contribution in [3.8, 4) is 16.3 Å². The van der Waals surface area contributed by atoms with Crippen LogP contribution in [-0.2, 0) is 0 Å². The number of thiazole rings is 1. The summed E-state index contributed by atoms with van der Waals surface area (Å²) in [5.41, 5.74) is 2.68. The van der Waals surface area contributed by atoms with E-state index in [0.29, 0.717) is 11.4 Å². The summed E-state index contributed by atoms with van der Waals surface area (Å²) in [5, 5.41) is 5.96. The predicted octanol–water partition coefficient (Wildman–Crippen LogP) is 5.70. The normalized spacial score (nSPS) is 14.9. The maximum Gasteiger partial charge on any atom is 0.256 e. The molecule has 0 atom stereocenters. The molecule has 0 aliphatic carbocycles. The van der Waals surface area contributed by atoms with Crippen LogP contribution in [0.3, 0.4) is 0 Å². The van der Waals surface area contributed by atoms with Crippen LogP contribution in [0.25, 0.3) is 21.3 Å². The molecule has 2 aromatic carbocycles. The van der Waals surface area contributed by atoms with Crippen molar-refractivity contribution in [1.29, 1.82) is 0 Å². The first-order chi connectivity index (χ1) is 16.4. The Morgan fingerprint density at radius 2 is 1.91 bits per heavy atom. The molecule has 1 aliphatic rings. The van der Waals surface area contributed by atoms with Crippen LogP contribution in [0, 0.1) is 13.8 Å². The molecule has 0 spiro atoms. The second-order valence-corrected chi connectivity index (χ2v) is 10.1. The number of anilines is 1. The fourth-order valence-corrected chi connectivity index (χ4v) is 5.04. The topological polar surface area (TPSA) is 67.3 Å². The number of amides is 1. The van der Waals surface area contributed by atoms with E-state index < -0.39 is 0 Å². The summed E-state index contributed by atoms with van der Waals surface area (Å²) in [6, 6.07) is 15.5. The number of hydrogen-bond donors (Lipinski definition) is 1. The molecule has 34 heavy (non-hydrogen) atoms. The number of nitrogens with zero attached hydrogens (tertiary/aromatic N) is 3. The number of fused-ring (bicyclic) bond motifs is 1.